The van der Waals surface area contributed by atoms with Crippen LogP contribution in [0.3, 0.4) is 0 Å². The van der Waals surface area contributed by atoms with Crippen molar-refractivity contribution in [1.82, 2.24) is 0 Å². The van der Waals surface area contributed by atoms with Crippen LogP contribution in [0.5, 0.6) is 5.75 Å². The molecule has 0 spiro atoms. The molecule has 18 heavy (non-hydrogen) atoms. The number of hydrogen-bond acceptors (Lipinski definition) is 1. The maximum absolute atomic E-state index is 12.8. The summed E-state index contributed by atoms with van der Waals surface area (Å²) in [4.78, 5) is 0. The van der Waals surface area contributed by atoms with Crippen molar-refractivity contribution < 1.29 is 25.5 Å². The second kappa shape index (κ2) is 8.63. The van der Waals surface area contributed by atoms with Crippen molar-refractivity contribution in [3.05, 3.63) is 64.9 Å². The van der Waals surface area contributed by atoms with Crippen LogP contribution in [0.4, 0.5) is 4.39 Å². The van der Waals surface area contributed by atoms with E-state index in [9.17, 15) is 4.39 Å². The summed E-state index contributed by atoms with van der Waals surface area (Å²) in [5.41, 5.74) is 0.750. The maximum atomic E-state index is 12.8. The quantitative estimate of drug-likeness (QED) is 0.554. The first kappa shape index (κ1) is 15.6. The minimum atomic E-state index is -0.347. The van der Waals surface area contributed by atoms with Crippen LogP contribution in [0.15, 0.2) is 42.5 Å². The van der Waals surface area contributed by atoms with E-state index in [1.165, 1.54) is 28.5 Å². The van der Waals surface area contributed by atoms with E-state index >= 15 is 0 Å². The van der Waals surface area contributed by atoms with Gasteiger partial charge in [0.15, 0.2) is 0 Å². The summed E-state index contributed by atoms with van der Waals surface area (Å²) in [6.07, 6.45) is 0. The average Bonchev–Trinajstić information content (AvgIpc) is 2.41. The number of para-hydroxylation sites is 1. The zero-order chi connectivity index (χ0) is 13.4. The van der Waals surface area contributed by atoms with Crippen LogP contribution < -0.4 is 4.74 Å². The molecule has 1 nitrogen and oxygen atoms in total. The fourth-order valence-electron chi connectivity index (χ4n) is 1.26. The average molecular weight is 381 g/mol. The minimum absolute atomic E-state index is 0.305. The standard InChI is InChI=1S/C13H9ClFO.BrH.Zn/c14-13-8-11(15)7-6-10(13)9-16-12-4-2-1-3-5-12;;/h1-4,6-8H,9H2;1H;/q-1;;+2/p-1. The molecule has 0 unspecified atom stereocenters. The zero-order valence-electron chi connectivity index (χ0n) is 9.50. The Kier molecular flexibility index (Phi) is 7.49. The van der Waals surface area contributed by atoms with Gasteiger partial charge in [0, 0.05) is 11.3 Å². The fraction of sp³-hybridized carbons (Fsp3) is 0.0769. The van der Waals surface area contributed by atoms with Crippen molar-refractivity contribution in [2.24, 2.45) is 0 Å². The van der Waals surface area contributed by atoms with E-state index in [-0.39, 0.29) is 5.82 Å². The summed E-state index contributed by atoms with van der Waals surface area (Å²) < 4.78 is 18.2. The van der Waals surface area contributed by atoms with Crippen LogP contribution in [0.25, 0.3) is 0 Å². The predicted molar refractivity (Wildman–Crippen MR) is 69.9 cm³/mol. The number of hydrogen-bond donors (Lipinski definition) is 0. The van der Waals surface area contributed by atoms with E-state index in [4.69, 9.17) is 16.3 Å². The summed E-state index contributed by atoms with van der Waals surface area (Å²) in [7, 11) is 0. The summed E-state index contributed by atoms with van der Waals surface area (Å²) >= 11 is 10.1. The first-order valence-corrected chi connectivity index (χ1v) is 12.4. The summed E-state index contributed by atoms with van der Waals surface area (Å²) in [5.74, 6) is 0.294. The van der Waals surface area contributed by atoms with Crippen molar-refractivity contribution in [3.8, 4) is 5.75 Å². The predicted octanol–water partition coefficient (Wildman–Crippen LogP) is 4.70. The molecule has 2 aromatic carbocycles. The van der Waals surface area contributed by atoms with E-state index < -0.39 is 0 Å². The van der Waals surface area contributed by atoms with Gasteiger partial charge < -0.3 is 4.74 Å². The van der Waals surface area contributed by atoms with Gasteiger partial charge >= 0.3 is 30.0 Å². The molecule has 0 heterocycles. The molecule has 0 fully saturated rings. The van der Waals surface area contributed by atoms with Crippen LogP contribution in [0, 0.1) is 11.9 Å². The van der Waals surface area contributed by atoms with Crippen molar-refractivity contribution in [1.29, 1.82) is 0 Å². The van der Waals surface area contributed by atoms with Gasteiger partial charge in [-0.15, -0.1) is 12.1 Å². The SMILES string of the molecule is Fc1ccc(COc2[c-]cccc2)c(Cl)c1.[Zn+][Br]. The Hall–Kier alpha value is -0.437. The third kappa shape index (κ3) is 5.05. The van der Waals surface area contributed by atoms with Crippen LogP contribution >= 0.6 is 25.2 Å². The van der Waals surface area contributed by atoms with Gasteiger partial charge in [-0.1, -0.05) is 17.7 Å². The second-order valence-electron chi connectivity index (χ2n) is 3.25. The molecule has 0 amide bonds. The topological polar surface area (TPSA) is 9.23 Å². The van der Waals surface area contributed by atoms with Crippen molar-refractivity contribution in [2.45, 2.75) is 6.61 Å². The molecule has 2 aromatic rings. The zero-order valence-corrected chi connectivity index (χ0v) is 14.8. The van der Waals surface area contributed by atoms with Crippen LogP contribution in [-0.4, -0.2) is 0 Å². The third-order valence-electron chi connectivity index (χ3n) is 2.08. The van der Waals surface area contributed by atoms with Gasteiger partial charge in [0.05, 0.1) is 5.02 Å². The van der Waals surface area contributed by atoms with E-state index in [1.54, 1.807) is 18.2 Å². The first-order valence-electron chi connectivity index (χ1n) is 5.06. The Morgan fingerprint density at radius 3 is 2.67 bits per heavy atom. The summed E-state index contributed by atoms with van der Waals surface area (Å²) in [6.45, 7) is 0.305. The van der Waals surface area contributed by atoms with Gasteiger partial charge in [-0.25, -0.2) is 4.39 Å². The Balaban J connectivity index is 0.000000771. The Morgan fingerprint density at radius 1 is 1.28 bits per heavy atom. The molecule has 0 aliphatic rings. The molecule has 0 radical (unpaired) electrons. The third-order valence-corrected chi connectivity index (χ3v) is 2.43. The Labute approximate surface area is 127 Å². The van der Waals surface area contributed by atoms with Crippen LogP contribution in [-0.2, 0) is 22.9 Å². The van der Waals surface area contributed by atoms with Gasteiger partial charge in [0.25, 0.3) is 0 Å². The van der Waals surface area contributed by atoms with E-state index in [2.05, 4.69) is 19.7 Å². The second-order valence-corrected chi connectivity index (χ2v) is 3.66. The molecule has 90 valence electrons. The number of ether oxygens (including phenoxy) is 1. The molecule has 0 saturated carbocycles. The molecule has 0 N–H and O–H groups in total. The normalized spacial score (nSPS) is 9.39. The van der Waals surface area contributed by atoms with Gasteiger partial charge in [-0.3, -0.25) is 0 Å². The molecule has 0 atom stereocenters. The van der Waals surface area contributed by atoms with E-state index in [0.29, 0.717) is 17.4 Å². The monoisotopic (exact) mass is 378 g/mol. The fourth-order valence-corrected chi connectivity index (χ4v) is 1.48. The molecule has 0 bridgehead atoms. The van der Waals surface area contributed by atoms with Crippen LogP contribution in [0.1, 0.15) is 5.56 Å². The molecule has 0 saturated heterocycles. The molecule has 0 aliphatic heterocycles. The number of halogens is 3. The first-order chi connectivity index (χ1) is 8.75. The Bertz CT molecular complexity index is 482. The van der Waals surface area contributed by atoms with Gasteiger partial charge in [-0.2, -0.15) is 18.2 Å². The van der Waals surface area contributed by atoms with Crippen molar-refractivity contribution in [3.63, 3.8) is 0 Å². The molecule has 0 aliphatic carbocycles. The number of rotatable bonds is 3. The number of benzene rings is 2. The molecule has 5 heteroatoms. The summed E-state index contributed by atoms with van der Waals surface area (Å²) in [5, 5.41) is 0.371. The molecule has 2 rings (SSSR count). The van der Waals surface area contributed by atoms with E-state index in [1.807, 2.05) is 12.1 Å². The molecule has 0 aromatic heterocycles. The van der Waals surface area contributed by atoms with Gasteiger partial charge in [-0.05, 0) is 12.1 Å². The van der Waals surface area contributed by atoms with Crippen LogP contribution in [0.2, 0.25) is 5.02 Å². The van der Waals surface area contributed by atoms with Crippen molar-refractivity contribution >= 4 is 25.2 Å². The van der Waals surface area contributed by atoms with Gasteiger partial charge in [0.1, 0.15) is 12.4 Å². The van der Waals surface area contributed by atoms with E-state index in [0.717, 1.165) is 5.56 Å². The molecular formula is C13H9BrClFOZn. The summed E-state index contributed by atoms with van der Waals surface area (Å²) in [6, 6.07) is 14.5. The van der Waals surface area contributed by atoms with Crippen molar-refractivity contribution in [2.75, 3.05) is 0 Å². The Morgan fingerprint density at radius 2 is 2.06 bits per heavy atom. The molecular weight excluding hydrogens is 372 g/mol. The van der Waals surface area contributed by atoms with Gasteiger partial charge in [0.2, 0.25) is 0 Å².